The number of hydrogen-bond donors (Lipinski definition) is 0. The standard InChI is InChI=1S/C19H16ClNO2S2/c1-2-21-18(22)17(25-19(21)24)11-14-5-3-4-6-16(14)23-12-13-7-9-15(20)10-8-13/h3-11H,2,12H2,1H3. The minimum absolute atomic E-state index is 0.0509. The number of thiocarbonyl (C=S) groups is 1. The van der Waals surface area contributed by atoms with Crippen LogP contribution >= 0.6 is 35.6 Å². The maximum Gasteiger partial charge on any atom is 0.266 e. The Balaban J connectivity index is 1.79. The summed E-state index contributed by atoms with van der Waals surface area (Å²) in [5.74, 6) is 0.671. The van der Waals surface area contributed by atoms with Gasteiger partial charge in [0, 0.05) is 17.1 Å². The Hall–Kier alpha value is -1.82. The number of rotatable bonds is 5. The predicted octanol–water partition coefficient (Wildman–Crippen LogP) is 5.14. The summed E-state index contributed by atoms with van der Waals surface area (Å²) in [7, 11) is 0. The fourth-order valence-electron chi connectivity index (χ4n) is 2.39. The molecule has 0 atom stereocenters. The van der Waals surface area contributed by atoms with Crippen molar-refractivity contribution >= 4 is 51.9 Å². The fourth-order valence-corrected chi connectivity index (χ4v) is 3.89. The molecule has 1 heterocycles. The Morgan fingerprint density at radius 2 is 1.92 bits per heavy atom. The molecule has 1 amide bonds. The van der Waals surface area contributed by atoms with Crippen LogP contribution in [0.1, 0.15) is 18.1 Å². The van der Waals surface area contributed by atoms with E-state index in [4.69, 9.17) is 28.6 Å². The number of benzene rings is 2. The maximum atomic E-state index is 12.4. The van der Waals surface area contributed by atoms with E-state index < -0.39 is 0 Å². The molecule has 0 bridgehead atoms. The van der Waals surface area contributed by atoms with Gasteiger partial charge in [-0.1, -0.05) is 65.9 Å². The van der Waals surface area contributed by atoms with Gasteiger partial charge in [-0.2, -0.15) is 0 Å². The first-order valence-electron chi connectivity index (χ1n) is 7.80. The van der Waals surface area contributed by atoms with Crippen molar-refractivity contribution in [1.29, 1.82) is 0 Å². The lowest BCUT2D eigenvalue weighted by Crippen LogP contribution is -2.27. The van der Waals surface area contributed by atoms with Crippen molar-refractivity contribution < 1.29 is 9.53 Å². The molecule has 0 radical (unpaired) electrons. The Bertz CT molecular complexity index is 834. The molecule has 1 fully saturated rings. The van der Waals surface area contributed by atoms with Gasteiger partial charge >= 0.3 is 0 Å². The number of halogens is 1. The highest BCUT2D eigenvalue weighted by Gasteiger charge is 2.30. The first-order chi connectivity index (χ1) is 12.1. The quantitative estimate of drug-likeness (QED) is 0.523. The summed E-state index contributed by atoms with van der Waals surface area (Å²) in [6.07, 6.45) is 1.84. The molecule has 0 saturated carbocycles. The highest BCUT2D eigenvalue weighted by molar-refractivity contribution is 8.26. The van der Waals surface area contributed by atoms with E-state index in [0.717, 1.165) is 16.9 Å². The molecule has 0 aliphatic carbocycles. The highest BCUT2D eigenvalue weighted by Crippen LogP contribution is 2.34. The summed E-state index contributed by atoms with van der Waals surface area (Å²) in [6, 6.07) is 15.2. The molecule has 6 heteroatoms. The second kappa shape index (κ2) is 8.04. The summed E-state index contributed by atoms with van der Waals surface area (Å²) in [4.78, 5) is 14.6. The maximum absolute atomic E-state index is 12.4. The molecule has 1 aliphatic rings. The Morgan fingerprint density at radius 1 is 1.20 bits per heavy atom. The van der Waals surface area contributed by atoms with E-state index in [-0.39, 0.29) is 5.91 Å². The summed E-state index contributed by atoms with van der Waals surface area (Å²) < 4.78 is 6.53. The van der Waals surface area contributed by atoms with Gasteiger partial charge < -0.3 is 4.74 Å². The number of carbonyl (C=O) groups excluding carboxylic acids is 1. The van der Waals surface area contributed by atoms with Crippen LogP contribution in [0.5, 0.6) is 5.75 Å². The molecule has 3 rings (SSSR count). The smallest absolute Gasteiger partial charge is 0.266 e. The zero-order valence-corrected chi connectivity index (χ0v) is 16.0. The van der Waals surface area contributed by atoms with E-state index in [1.807, 2.05) is 61.5 Å². The fraction of sp³-hybridized carbons (Fsp3) is 0.158. The Kier molecular flexibility index (Phi) is 5.78. The van der Waals surface area contributed by atoms with Gasteiger partial charge in [0.1, 0.15) is 16.7 Å². The topological polar surface area (TPSA) is 29.5 Å². The molecule has 3 nitrogen and oxygen atoms in total. The van der Waals surface area contributed by atoms with Gasteiger partial charge in [-0.15, -0.1) is 0 Å². The number of likely N-dealkylation sites (N-methyl/N-ethyl adjacent to an activating group) is 1. The molecule has 0 unspecified atom stereocenters. The molecular formula is C19H16ClNO2S2. The monoisotopic (exact) mass is 389 g/mol. The highest BCUT2D eigenvalue weighted by atomic mass is 35.5. The molecule has 2 aromatic carbocycles. The molecule has 25 heavy (non-hydrogen) atoms. The van der Waals surface area contributed by atoms with E-state index in [9.17, 15) is 4.79 Å². The number of ether oxygens (including phenoxy) is 1. The van der Waals surface area contributed by atoms with E-state index in [1.54, 1.807) is 4.90 Å². The Labute approximate surface area is 161 Å². The van der Waals surface area contributed by atoms with Gasteiger partial charge in [0.2, 0.25) is 0 Å². The van der Waals surface area contributed by atoms with Crippen LogP contribution in [0, 0.1) is 0 Å². The van der Waals surface area contributed by atoms with Gasteiger partial charge in [-0.05, 0) is 36.8 Å². The van der Waals surface area contributed by atoms with Crippen molar-refractivity contribution in [3.05, 3.63) is 69.6 Å². The van der Waals surface area contributed by atoms with Crippen molar-refractivity contribution in [3.63, 3.8) is 0 Å². The van der Waals surface area contributed by atoms with Crippen molar-refractivity contribution in [1.82, 2.24) is 4.90 Å². The van der Waals surface area contributed by atoms with Crippen LogP contribution in [0.4, 0.5) is 0 Å². The predicted molar refractivity (Wildman–Crippen MR) is 108 cm³/mol. The van der Waals surface area contributed by atoms with E-state index in [2.05, 4.69) is 0 Å². The van der Waals surface area contributed by atoms with Crippen LogP contribution < -0.4 is 4.74 Å². The van der Waals surface area contributed by atoms with Gasteiger partial charge in [-0.3, -0.25) is 9.69 Å². The van der Waals surface area contributed by atoms with Crippen LogP contribution in [0.15, 0.2) is 53.4 Å². The molecule has 1 aliphatic heterocycles. The number of amides is 1. The van der Waals surface area contributed by atoms with Crippen molar-refractivity contribution in [2.75, 3.05) is 6.54 Å². The average molecular weight is 390 g/mol. The third kappa shape index (κ3) is 4.24. The third-order valence-electron chi connectivity index (χ3n) is 3.70. The van der Waals surface area contributed by atoms with Crippen LogP contribution in [-0.2, 0) is 11.4 Å². The minimum Gasteiger partial charge on any atom is -0.488 e. The molecule has 1 saturated heterocycles. The SMILES string of the molecule is CCN1C(=O)C(=Cc2ccccc2OCc2ccc(Cl)cc2)SC1=S. The number of hydrogen-bond acceptors (Lipinski definition) is 4. The molecule has 0 aromatic heterocycles. The van der Waals surface area contributed by atoms with Crippen LogP contribution in [0.3, 0.4) is 0 Å². The van der Waals surface area contributed by atoms with Gasteiger partial charge in [0.05, 0.1) is 4.91 Å². The van der Waals surface area contributed by atoms with Gasteiger partial charge in [0.25, 0.3) is 5.91 Å². The van der Waals surface area contributed by atoms with E-state index >= 15 is 0 Å². The number of para-hydroxylation sites is 1. The summed E-state index contributed by atoms with van der Waals surface area (Å²) >= 11 is 12.5. The second-order valence-electron chi connectivity index (χ2n) is 5.38. The second-order valence-corrected chi connectivity index (χ2v) is 7.49. The molecule has 128 valence electrons. The van der Waals surface area contributed by atoms with Crippen molar-refractivity contribution in [3.8, 4) is 5.75 Å². The largest absolute Gasteiger partial charge is 0.488 e. The van der Waals surface area contributed by atoms with E-state index in [0.29, 0.717) is 27.4 Å². The summed E-state index contributed by atoms with van der Waals surface area (Å²) in [6.45, 7) is 2.92. The van der Waals surface area contributed by atoms with Crippen LogP contribution in [0.2, 0.25) is 5.02 Å². The van der Waals surface area contributed by atoms with Crippen LogP contribution in [0.25, 0.3) is 6.08 Å². The summed E-state index contributed by atoms with van der Waals surface area (Å²) in [5.41, 5.74) is 1.88. The average Bonchev–Trinajstić information content (AvgIpc) is 2.88. The van der Waals surface area contributed by atoms with Gasteiger partial charge in [0.15, 0.2) is 0 Å². The van der Waals surface area contributed by atoms with Gasteiger partial charge in [-0.25, -0.2) is 0 Å². The first kappa shape index (κ1) is 18.0. The first-order valence-corrected chi connectivity index (χ1v) is 9.40. The third-order valence-corrected chi connectivity index (χ3v) is 5.33. The lowest BCUT2D eigenvalue weighted by atomic mass is 10.1. The molecule has 0 N–H and O–H groups in total. The van der Waals surface area contributed by atoms with Crippen molar-refractivity contribution in [2.45, 2.75) is 13.5 Å². The van der Waals surface area contributed by atoms with Crippen LogP contribution in [-0.4, -0.2) is 21.7 Å². The number of carbonyl (C=O) groups is 1. The number of nitrogens with zero attached hydrogens (tertiary/aromatic N) is 1. The zero-order valence-electron chi connectivity index (χ0n) is 13.6. The lowest BCUT2D eigenvalue weighted by Gasteiger charge is -2.10. The Morgan fingerprint density at radius 3 is 2.60 bits per heavy atom. The summed E-state index contributed by atoms with van der Waals surface area (Å²) in [5, 5.41) is 0.696. The zero-order chi connectivity index (χ0) is 17.8. The molecule has 0 spiro atoms. The molecule has 2 aromatic rings. The van der Waals surface area contributed by atoms with E-state index in [1.165, 1.54) is 11.8 Å². The minimum atomic E-state index is -0.0509. The number of thioether (sulfide) groups is 1. The lowest BCUT2D eigenvalue weighted by molar-refractivity contribution is -0.121. The molecular weight excluding hydrogens is 374 g/mol. The normalized spacial score (nSPS) is 15.9. The van der Waals surface area contributed by atoms with Crippen molar-refractivity contribution in [2.24, 2.45) is 0 Å².